The SMILES string of the molecule is CC(Cc1cccc(Br)c1)NC(=O)CC1CSCCN1.Cl. The molecule has 0 spiro atoms. The molecule has 1 aromatic rings. The van der Waals surface area contributed by atoms with Gasteiger partial charge in [-0.3, -0.25) is 4.79 Å². The summed E-state index contributed by atoms with van der Waals surface area (Å²) in [5.41, 5.74) is 1.23. The van der Waals surface area contributed by atoms with Crippen molar-refractivity contribution in [1.82, 2.24) is 10.6 Å². The Kier molecular flexibility index (Phi) is 8.71. The van der Waals surface area contributed by atoms with E-state index in [1.165, 1.54) is 5.56 Å². The lowest BCUT2D eigenvalue weighted by Crippen LogP contribution is -2.43. The topological polar surface area (TPSA) is 41.1 Å². The highest BCUT2D eigenvalue weighted by Gasteiger charge is 2.17. The van der Waals surface area contributed by atoms with Crippen molar-refractivity contribution in [3.63, 3.8) is 0 Å². The van der Waals surface area contributed by atoms with Crippen LogP contribution in [0.2, 0.25) is 0 Å². The van der Waals surface area contributed by atoms with Crippen LogP contribution in [0.4, 0.5) is 0 Å². The molecule has 1 saturated heterocycles. The Hall–Kier alpha value is -0.230. The first-order valence-electron chi connectivity index (χ1n) is 6.98. The first-order valence-corrected chi connectivity index (χ1v) is 8.93. The smallest absolute Gasteiger partial charge is 0.221 e. The summed E-state index contributed by atoms with van der Waals surface area (Å²) in [7, 11) is 0. The van der Waals surface area contributed by atoms with Crippen molar-refractivity contribution in [2.75, 3.05) is 18.1 Å². The predicted octanol–water partition coefficient (Wildman–Crippen LogP) is 3.01. The van der Waals surface area contributed by atoms with E-state index in [9.17, 15) is 4.79 Å². The van der Waals surface area contributed by atoms with Crippen molar-refractivity contribution < 1.29 is 4.79 Å². The van der Waals surface area contributed by atoms with Crippen molar-refractivity contribution in [2.45, 2.75) is 31.8 Å². The van der Waals surface area contributed by atoms with E-state index in [2.05, 4.69) is 45.6 Å². The molecule has 2 atom stereocenters. The number of carbonyl (C=O) groups excluding carboxylic acids is 1. The molecule has 1 aromatic carbocycles. The van der Waals surface area contributed by atoms with E-state index in [-0.39, 0.29) is 24.4 Å². The van der Waals surface area contributed by atoms with Gasteiger partial charge in [0.05, 0.1) is 0 Å². The number of carbonyl (C=O) groups is 1. The molecule has 6 heteroatoms. The number of amides is 1. The van der Waals surface area contributed by atoms with Crippen LogP contribution >= 0.6 is 40.1 Å². The second-order valence-electron chi connectivity index (χ2n) is 5.23. The zero-order valence-electron chi connectivity index (χ0n) is 12.1. The fraction of sp³-hybridized carbons (Fsp3) is 0.533. The van der Waals surface area contributed by atoms with Crippen LogP contribution in [0.1, 0.15) is 18.9 Å². The Morgan fingerprint density at radius 2 is 2.38 bits per heavy atom. The van der Waals surface area contributed by atoms with E-state index < -0.39 is 0 Å². The Morgan fingerprint density at radius 3 is 3.05 bits per heavy atom. The van der Waals surface area contributed by atoms with Gasteiger partial charge in [-0.05, 0) is 31.0 Å². The Labute approximate surface area is 145 Å². The summed E-state index contributed by atoms with van der Waals surface area (Å²) < 4.78 is 1.08. The van der Waals surface area contributed by atoms with Crippen LogP contribution in [0.25, 0.3) is 0 Å². The number of thioether (sulfide) groups is 1. The number of rotatable bonds is 5. The minimum absolute atomic E-state index is 0. The number of halogens is 2. The molecule has 0 saturated carbocycles. The van der Waals surface area contributed by atoms with Gasteiger partial charge in [0.2, 0.25) is 5.91 Å². The summed E-state index contributed by atoms with van der Waals surface area (Å²) in [6.07, 6.45) is 1.44. The Bertz CT molecular complexity index is 455. The van der Waals surface area contributed by atoms with Gasteiger partial charge in [-0.15, -0.1) is 12.4 Å². The summed E-state index contributed by atoms with van der Waals surface area (Å²) in [5, 5.41) is 6.48. The average molecular weight is 394 g/mol. The van der Waals surface area contributed by atoms with Gasteiger partial charge in [0.1, 0.15) is 0 Å². The summed E-state index contributed by atoms with van der Waals surface area (Å²) in [5.74, 6) is 2.33. The third-order valence-corrected chi connectivity index (χ3v) is 4.89. The van der Waals surface area contributed by atoms with Gasteiger partial charge in [0.15, 0.2) is 0 Å². The van der Waals surface area contributed by atoms with Crippen molar-refractivity contribution in [3.8, 4) is 0 Å². The Morgan fingerprint density at radius 1 is 1.57 bits per heavy atom. The van der Waals surface area contributed by atoms with Gasteiger partial charge in [-0.2, -0.15) is 11.8 Å². The van der Waals surface area contributed by atoms with Gasteiger partial charge in [-0.1, -0.05) is 28.1 Å². The lowest BCUT2D eigenvalue weighted by molar-refractivity contribution is -0.122. The number of nitrogens with one attached hydrogen (secondary N) is 2. The highest BCUT2D eigenvalue weighted by molar-refractivity contribution is 9.10. The molecule has 1 amide bonds. The molecule has 2 rings (SSSR count). The second-order valence-corrected chi connectivity index (χ2v) is 7.30. The first-order chi connectivity index (χ1) is 9.63. The largest absolute Gasteiger partial charge is 0.353 e. The molecule has 0 radical (unpaired) electrons. The zero-order chi connectivity index (χ0) is 14.4. The third kappa shape index (κ3) is 7.04. The normalized spacial score (nSPS) is 19.4. The van der Waals surface area contributed by atoms with Gasteiger partial charge >= 0.3 is 0 Å². The maximum atomic E-state index is 12.0. The van der Waals surface area contributed by atoms with Crippen LogP contribution < -0.4 is 10.6 Å². The standard InChI is InChI=1S/C15H21BrN2OS.ClH/c1-11(7-12-3-2-4-13(16)8-12)18-15(19)9-14-10-20-6-5-17-14;/h2-4,8,11,14,17H,5-7,9-10H2,1H3,(H,18,19);1H. The molecular formula is C15H22BrClN2OS. The summed E-state index contributed by atoms with van der Waals surface area (Å²) >= 11 is 5.39. The highest BCUT2D eigenvalue weighted by Crippen LogP contribution is 2.13. The van der Waals surface area contributed by atoms with Crippen LogP contribution in [0.3, 0.4) is 0 Å². The Balaban J connectivity index is 0.00000220. The van der Waals surface area contributed by atoms with E-state index in [1.807, 2.05) is 23.9 Å². The summed E-state index contributed by atoms with van der Waals surface area (Å²) in [4.78, 5) is 12.0. The molecule has 3 nitrogen and oxygen atoms in total. The second kappa shape index (κ2) is 9.72. The van der Waals surface area contributed by atoms with Gasteiger partial charge in [0, 0.05) is 41.0 Å². The summed E-state index contributed by atoms with van der Waals surface area (Å²) in [6, 6.07) is 8.71. The maximum absolute atomic E-state index is 12.0. The third-order valence-electron chi connectivity index (χ3n) is 3.27. The lowest BCUT2D eigenvalue weighted by atomic mass is 10.1. The van der Waals surface area contributed by atoms with Crippen LogP contribution in [-0.4, -0.2) is 36.0 Å². The molecule has 0 aromatic heterocycles. The number of hydrogen-bond donors (Lipinski definition) is 2. The van der Waals surface area contributed by atoms with Crippen molar-refractivity contribution in [1.29, 1.82) is 0 Å². The van der Waals surface area contributed by atoms with Crippen molar-refractivity contribution in [2.24, 2.45) is 0 Å². The fourth-order valence-electron chi connectivity index (χ4n) is 2.38. The predicted molar refractivity (Wildman–Crippen MR) is 96.4 cm³/mol. The molecule has 1 aliphatic heterocycles. The lowest BCUT2D eigenvalue weighted by Gasteiger charge is -2.23. The average Bonchev–Trinajstić information content (AvgIpc) is 2.39. The highest BCUT2D eigenvalue weighted by atomic mass is 79.9. The van der Waals surface area contributed by atoms with Gasteiger partial charge < -0.3 is 10.6 Å². The fourth-order valence-corrected chi connectivity index (χ4v) is 3.77. The molecule has 21 heavy (non-hydrogen) atoms. The quantitative estimate of drug-likeness (QED) is 0.808. The molecule has 1 aliphatic rings. The van der Waals surface area contributed by atoms with Crippen molar-refractivity contribution in [3.05, 3.63) is 34.3 Å². The molecule has 118 valence electrons. The van der Waals surface area contributed by atoms with E-state index in [1.54, 1.807) is 0 Å². The van der Waals surface area contributed by atoms with Gasteiger partial charge in [0.25, 0.3) is 0 Å². The van der Waals surface area contributed by atoms with Crippen LogP contribution in [0.5, 0.6) is 0 Å². The first kappa shape index (κ1) is 18.8. The molecule has 1 heterocycles. The van der Waals surface area contributed by atoms with E-state index in [0.717, 1.165) is 28.9 Å². The summed E-state index contributed by atoms with van der Waals surface area (Å²) in [6.45, 7) is 3.07. The molecular weight excluding hydrogens is 372 g/mol. The number of benzene rings is 1. The number of hydrogen-bond acceptors (Lipinski definition) is 3. The molecule has 2 unspecified atom stereocenters. The van der Waals surface area contributed by atoms with E-state index >= 15 is 0 Å². The molecule has 1 fully saturated rings. The van der Waals surface area contributed by atoms with Crippen molar-refractivity contribution >= 4 is 46.0 Å². The molecule has 2 N–H and O–H groups in total. The minimum atomic E-state index is 0. The molecule has 0 bridgehead atoms. The van der Waals surface area contributed by atoms with Crippen LogP contribution in [0.15, 0.2) is 28.7 Å². The zero-order valence-corrected chi connectivity index (χ0v) is 15.3. The molecule has 0 aliphatic carbocycles. The van der Waals surface area contributed by atoms with Crippen LogP contribution in [0, 0.1) is 0 Å². The van der Waals surface area contributed by atoms with Crippen LogP contribution in [-0.2, 0) is 11.2 Å². The van der Waals surface area contributed by atoms with E-state index in [4.69, 9.17) is 0 Å². The van der Waals surface area contributed by atoms with Gasteiger partial charge in [-0.25, -0.2) is 0 Å². The minimum Gasteiger partial charge on any atom is -0.353 e. The maximum Gasteiger partial charge on any atom is 0.221 e. The monoisotopic (exact) mass is 392 g/mol. The van der Waals surface area contributed by atoms with E-state index in [0.29, 0.717) is 12.5 Å².